The van der Waals surface area contributed by atoms with Crippen LogP contribution in [0, 0.1) is 0 Å². The van der Waals surface area contributed by atoms with Crippen LogP contribution in [0.25, 0.3) is 22.2 Å². The number of aliphatic hydroxyl groups is 6. The third kappa shape index (κ3) is 11.8. The fourth-order valence-electron chi connectivity index (χ4n) is 10.4. The molecule has 2 saturated heterocycles. The molecule has 2 aliphatic heterocycles. The summed E-state index contributed by atoms with van der Waals surface area (Å²) >= 11 is 0. The second-order valence-corrected chi connectivity index (χ2v) is 18.8. The van der Waals surface area contributed by atoms with Crippen molar-refractivity contribution in [1.29, 1.82) is 0 Å². The van der Waals surface area contributed by atoms with Crippen molar-refractivity contribution in [2.45, 2.75) is 107 Å². The monoisotopic (exact) mass is 1000 g/mol. The predicted molar refractivity (Wildman–Crippen MR) is 268 cm³/mol. The molecule has 1 aliphatic carbocycles. The van der Waals surface area contributed by atoms with Crippen molar-refractivity contribution in [3.05, 3.63) is 155 Å². The molecule has 0 radical (unpaired) electrons. The lowest BCUT2D eigenvalue weighted by Gasteiger charge is -2.40. The van der Waals surface area contributed by atoms with Gasteiger partial charge < -0.3 is 64.4 Å². The first-order valence-electron chi connectivity index (χ1n) is 25.2. The van der Waals surface area contributed by atoms with Gasteiger partial charge in [-0.15, -0.1) is 0 Å². The summed E-state index contributed by atoms with van der Waals surface area (Å²) in [5, 5.41) is 70.7. The van der Waals surface area contributed by atoms with E-state index in [0.29, 0.717) is 36.4 Å². The Morgan fingerprint density at radius 2 is 1.27 bits per heavy atom. The third-order valence-electron chi connectivity index (χ3n) is 14.1. The number of hydrogen-bond donors (Lipinski definition) is 7. The number of aromatic nitrogens is 2. The number of nitrogens with one attached hydrogen (secondary N) is 1. The summed E-state index contributed by atoms with van der Waals surface area (Å²) < 4.78 is 39.8. The first kappa shape index (κ1) is 52.1. The summed E-state index contributed by atoms with van der Waals surface area (Å²) in [5.74, 6) is 1.45. The van der Waals surface area contributed by atoms with Crippen LogP contribution in [0.2, 0.25) is 0 Å². The third-order valence-corrected chi connectivity index (χ3v) is 14.1. The lowest BCUT2D eigenvalue weighted by Crippen LogP contribution is -2.56. The van der Waals surface area contributed by atoms with E-state index in [9.17, 15) is 35.4 Å². The number of carbonyl (C=O) groups excluding carboxylic acids is 1. The molecule has 17 heteroatoms. The molecule has 388 valence electrons. The highest BCUT2D eigenvalue weighted by Gasteiger charge is 2.42. The minimum absolute atomic E-state index is 0.0524. The molecule has 9 rings (SSSR count). The Kier molecular flexibility index (Phi) is 17.1. The Labute approximate surface area is 424 Å². The van der Waals surface area contributed by atoms with Crippen LogP contribution in [0.1, 0.15) is 66.8 Å². The van der Waals surface area contributed by atoms with Gasteiger partial charge in [-0.1, -0.05) is 109 Å². The Morgan fingerprint density at radius 3 is 1.81 bits per heavy atom. The number of aryl methyl sites for hydroxylation is 2. The molecule has 10 unspecified atom stereocenters. The molecule has 0 spiro atoms. The van der Waals surface area contributed by atoms with E-state index >= 15 is 0 Å². The Morgan fingerprint density at radius 1 is 0.740 bits per heavy atom. The van der Waals surface area contributed by atoms with Gasteiger partial charge in [0, 0.05) is 42.7 Å². The molecule has 1 aromatic heterocycles. The number of amides is 1. The van der Waals surface area contributed by atoms with E-state index in [1.54, 1.807) is 29.2 Å². The van der Waals surface area contributed by atoms with E-state index in [4.69, 9.17) is 28.4 Å². The summed E-state index contributed by atoms with van der Waals surface area (Å²) in [6.45, 7) is 5.61. The lowest BCUT2D eigenvalue weighted by molar-refractivity contribution is -0.676. The normalized spacial score (nSPS) is 22.6. The van der Waals surface area contributed by atoms with Crippen LogP contribution in [0.4, 0.5) is 4.79 Å². The van der Waals surface area contributed by atoms with Crippen molar-refractivity contribution in [2.24, 2.45) is 0 Å². The molecule has 2 fully saturated rings. The van der Waals surface area contributed by atoms with Crippen molar-refractivity contribution in [3.8, 4) is 16.9 Å². The maximum atomic E-state index is 13.3. The molecular formula is C56H67N4O13+. The maximum absolute atomic E-state index is 13.3. The van der Waals surface area contributed by atoms with E-state index in [0.717, 1.165) is 39.1 Å². The second-order valence-electron chi connectivity index (χ2n) is 18.8. The number of carbonyl (C=O) groups is 1. The van der Waals surface area contributed by atoms with Crippen molar-refractivity contribution in [2.75, 3.05) is 46.1 Å². The van der Waals surface area contributed by atoms with Crippen molar-refractivity contribution in [3.63, 3.8) is 0 Å². The molecule has 0 bridgehead atoms. The lowest BCUT2D eigenvalue weighted by atomic mass is 9.98. The first-order valence-corrected chi connectivity index (χ1v) is 25.2. The highest BCUT2D eigenvalue weighted by molar-refractivity contribution is 5.79. The van der Waals surface area contributed by atoms with Crippen LogP contribution >= 0.6 is 0 Å². The van der Waals surface area contributed by atoms with Gasteiger partial charge in [0.1, 0.15) is 55.5 Å². The fraction of sp³-hybridized carbons (Fsp3) is 0.429. The smallest absolute Gasteiger partial charge is 0.407 e. The average Bonchev–Trinajstić information content (AvgIpc) is 3.91. The minimum atomic E-state index is -1.57. The molecule has 1 amide bonds. The zero-order chi connectivity index (χ0) is 51.0. The zero-order valence-corrected chi connectivity index (χ0v) is 41.1. The summed E-state index contributed by atoms with van der Waals surface area (Å²) in [6, 6.07) is 40.4. The van der Waals surface area contributed by atoms with Crippen LogP contribution in [-0.4, -0.2) is 141 Å². The van der Waals surface area contributed by atoms with Gasteiger partial charge in [0.2, 0.25) is 0 Å². The highest BCUT2D eigenvalue weighted by Crippen LogP contribution is 2.44. The molecule has 3 aliphatic rings. The average molecular weight is 1000 g/mol. The second kappa shape index (κ2) is 24.0. The standard InChI is InChI=1S/C56H66N4O13/c1-3-59-43-25-24-37(28-44(43)60(4-2)49(59)29-57-56(67)71-32-42-40-22-13-11-20-38(40)39-21-12-14-23-41(39)42)68-27-15-26-58(30-45(61)50(65)52-47(63)33-69-54(72-52)35-16-7-5-8-17-35)31-46(62)51(66)53-48(64)34-70-55(73-53)36-18-9-6-10-19-36/h5-14,16-25,28,42,45-48,50-55,61-66H,3-4,15,26-27,29-34H2,1-2H3/p+1. The largest absolute Gasteiger partial charge is 0.493 e. The molecule has 17 nitrogen and oxygen atoms in total. The summed E-state index contributed by atoms with van der Waals surface area (Å²) in [5.41, 5.74) is 7.86. The Balaban J connectivity index is 0.844. The van der Waals surface area contributed by atoms with Gasteiger partial charge in [-0.25, -0.2) is 13.9 Å². The van der Waals surface area contributed by atoms with Gasteiger partial charge in [-0.2, -0.15) is 0 Å². The topological polar surface area (TPSA) is 218 Å². The summed E-state index contributed by atoms with van der Waals surface area (Å²) in [4.78, 5) is 14.9. The summed E-state index contributed by atoms with van der Waals surface area (Å²) in [7, 11) is 0. The van der Waals surface area contributed by atoms with Gasteiger partial charge in [-0.05, 0) is 54.7 Å². The Bertz CT molecular complexity index is 2620. The van der Waals surface area contributed by atoms with Gasteiger partial charge in [-0.3, -0.25) is 4.90 Å². The van der Waals surface area contributed by atoms with Crippen LogP contribution in [0.3, 0.4) is 0 Å². The van der Waals surface area contributed by atoms with Crippen molar-refractivity contribution in [1.82, 2.24) is 14.8 Å². The number of nitrogens with zero attached hydrogens (tertiary/aromatic N) is 3. The molecule has 0 saturated carbocycles. The van der Waals surface area contributed by atoms with Crippen molar-refractivity contribution >= 4 is 17.1 Å². The number of ether oxygens (including phenoxy) is 6. The van der Waals surface area contributed by atoms with Gasteiger partial charge in [0.15, 0.2) is 23.6 Å². The van der Waals surface area contributed by atoms with Crippen molar-refractivity contribution < 1.29 is 68.4 Å². The zero-order valence-electron chi connectivity index (χ0n) is 41.1. The van der Waals surface area contributed by atoms with Crippen LogP contribution in [0.15, 0.2) is 127 Å². The number of hydrogen-bond acceptors (Lipinski definition) is 14. The van der Waals surface area contributed by atoms with E-state index < -0.39 is 67.5 Å². The number of fused-ring (bicyclic) bond motifs is 4. The number of aliphatic hydroxyl groups excluding tert-OH is 6. The molecule has 73 heavy (non-hydrogen) atoms. The summed E-state index contributed by atoms with van der Waals surface area (Å²) in [6.07, 6.45) is -12.8. The molecule has 6 aromatic rings. The molecule has 7 N–H and O–H groups in total. The number of alkyl carbamates (subject to hydrolysis) is 1. The molecule has 3 heterocycles. The van der Waals surface area contributed by atoms with Gasteiger partial charge >= 0.3 is 6.09 Å². The first-order chi connectivity index (χ1) is 35.5. The molecule has 5 aromatic carbocycles. The van der Waals surface area contributed by atoms with Crippen LogP contribution in [-0.2, 0) is 43.3 Å². The van der Waals surface area contributed by atoms with Crippen LogP contribution < -0.4 is 14.6 Å². The minimum Gasteiger partial charge on any atom is -0.493 e. The quantitative estimate of drug-likeness (QED) is 0.0391. The SMILES string of the molecule is CCn1c(CNC(=O)OCC2c3ccccc3-c3ccccc32)[n+](CC)c2ccc(OCCCN(CC(O)C(O)C3OC(c4ccccc4)OCC3O)CC(O)C(O)C3OC(c4ccccc4)OCC3O)cc21. The Hall–Kier alpha value is -5.80. The fourth-order valence-corrected chi connectivity index (χ4v) is 10.4. The predicted octanol–water partition coefficient (Wildman–Crippen LogP) is 4.47. The van der Waals surface area contributed by atoms with E-state index in [1.165, 1.54) is 0 Å². The van der Waals surface area contributed by atoms with Crippen LogP contribution in [0.5, 0.6) is 5.75 Å². The van der Waals surface area contributed by atoms with Gasteiger partial charge in [0.25, 0.3) is 5.82 Å². The highest BCUT2D eigenvalue weighted by atomic mass is 16.7. The van der Waals surface area contributed by atoms with E-state index in [2.05, 4.69) is 45.6 Å². The number of imidazole rings is 1. The van der Waals surface area contributed by atoms with Gasteiger partial charge in [0.05, 0.1) is 45.1 Å². The number of benzene rings is 5. The van der Waals surface area contributed by atoms with E-state index in [1.807, 2.05) is 85.8 Å². The number of rotatable bonds is 21. The molecular weight excluding hydrogens is 937 g/mol. The van der Waals surface area contributed by atoms with E-state index in [-0.39, 0.29) is 58.5 Å². The molecule has 10 atom stereocenters. The maximum Gasteiger partial charge on any atom is 0.407 e.